The van der Waals surface area contributed by atoms with E-state index in [4.69, 9.17) is 4.74 Å². The van der Waals surface area contributed by atoms with Crippen LogP contribution in [0.25, 0.3) is 0 Å². The van der Waals surface area contributed by atoms with E-state index >= 15 is 0 Å². The summed E-state index contributed by atoms with van der Waals surface area (Å²) in [5, 5.41) is 0. The van der Waals surface area contributed by atoms with E-state index in [9.17, 15) is 9.59 Å². The average Bonchev–Trinajstić information content (AvgIpc) is 2.72. The fourth-order valence-electron chi connectivity index (χ4n) is 2.66. The van der Waals surface area contributed by atoms with E-state index in [1.165, 1.54) is 7.11 Å². The van der Waals surface area contributed by atoms with Crippen molar-refractivity contribution in [2.24, 2.45) is 0 Å². The molecule has 0 N–H and O–H groups in total. The highest BCUT2D eigenvalue weighted by Crippen LogP contribution is 2.17. The predicted octanol–water partition coefficient (Wildman–Crippen LogP) is 4.07. The largest absolute Gasteiger partial charge is 0.489 e. The quantitative estimate of drug-likeness (QED) is 0.625. The summed E-state index contributed by atoms with van der Waals surface area (Å²) in [6, 6.07) is 17.1. The lowest BCUT2D eigenvalue weighted by Gasteiger charge is -2.28. The van der Waals surface area contributed by atoms with Crippen molar-refractivity contribution in [1.29, 1.82) is 0 Å². The van der Waals surface area contributed by atoms with Crippen LogP contribution in [0.1, 0.15) is 42.6 Å². The van der Waals surface area contributed by atoms with Gasteiger partial charge in [0, 0.05) is 18.2 Å². The lowest BCUT2D eigenvalue weighted by atomic mass is 10.1. The van der Waals surface area contributed by atoms with Gasteiger partial charge in [-0.25, -0.2) is 0 Å². The van der Waals surface area contributed by atoms with Gasteiger partial charge in [0.05, 0.1) is 13.5 Å². The predicted molar refractivity (Wildman–Crippen MR) is 105 cm³/mol. The van der Waals surface area contributed by atoms with E-state index in [1.54, 1.807) is 29.2 Å². The molecule has 1 unspecified atom stereocenters. The van der Waals surface area contributed by atoms with Crippen LogP contribution in [0.5, 0.6) is 5.75 Å². The molecule has 5 nitrogen and oxygen atoms in total. The minimum atomic E-state index is -0.319. The molecule has 1 atom stereocenters. The third kappa shape index (κ3) is 6.13. The zero-order chi connectivity index (χ0) is 19.6. The summed E-state index contributed by atoms with van der Waals surface area (Å²) in [6.07, 6.45) is 0.996. The van der Waals surface area contributed by atoms with Gasteiger partial charge in [-0.3, -0.25) is 9.59 Å². The van der Waals surface area contributed by atoms with Crippen LogP contribution in [-0.2, 0) is 16.1 Å². The molecule has 0 radical (unpaired) electrons. The molecule has 1 amide bonds. The van der Waals surface area contributed by atoms with Gasteiger partial charge in [0.15, 0.2) is 0 Å². The topological polar surface area (TPSA) is 55.8 Å². The summed E-state index contributed by atoms with van der Waals surface area (Å²) in [4.78, 5) is 26.0. The molecule has 0 aliphatic heterocycles. The van der Waals surface area contributed by atoms with Crippen molar-refractivity contribution < 1.29 is 19.1 Å². The van der Waals surface area contributed by atoms with Crippen LogP contribution in [0, 0.1) is 0 Å². The molecule has 0 saturated carbocycles. The Balaban J connectivity index is 2.01. The number of amides is 1. The molecule has 0 aliphatic carbocycles. The van der Waals surface area contributed by atoms with Crippen LogP contribution in [0.2, 0.25) is 0 Å². The second kappa shape index (κ2) is 10.4. The van der Waals surface area contributed by atoms with E-state index < -0.39 is 0 Å². The molecule has 2 rings (SSSR count). The molecule has 0 spiro atoms. The monoisotopic (exact) mass is 369 g/mol. The molecule has 5 heteroatoms. The van der Waals surface area contributed by atoms with E-state index in [-0.39, 0.29) is 24.3 Å². The van der Waals surface area contributed by atoms with Crippen molar-refractivity contribution in [3.8, 4) is 5.75 Å². The number of esters is 1. The highest BCUT2D eigenvalue weighted by atomic mass is 16.5. The number of hydrogen-bond donors (Lipinski definition) is 0. The molecular weight excluding hydrogens is 342 g/mol. The number of carbonyl (C=O) groups is 2. The first-order chi connectivity index (χ1) is 13.0. The molecule has 27 heavy (non-hydrogen) atoms. The Kier molecular flexibility index (Phi) is 7.86. The average molecular weight is 369 g/mol. The van der Waals surface area contributed by atoms with Gasteiger partial charge >= 0.3 is 5.97 Å². The summed E-state index contributed by atoms with van der Waals surface area (Å²) in [6.45, 7) is 4.81. The number of rotatable bonds is 9. The van der Waals surface area contributed by atoms with Crippen LogP contribution < -0.4 is 4.74 Å². The normalized spacial score (nSPS) is 11.5. The molecule has 2 aromatic carbocycles. The number of hydrogen-bond acceptors (Lipinski definition) is 4. The molecule has 144 valence electrons. The number of carbonyl (C=O) groups excluding carboxylic acids is 2. The molecule has 0 heterocycles. The van der Waals surface area contributed by atoms with Crippen molar-refractivity contribution in [3.05, 3.63) is 65.7 Å². The molecule has 0 aliphatic rings. The van der Waals surface area contributed by atoms with Crippen LogP contribution in [-0.4, -0.2) is 36.5 Å². The van der Waals surface area contributed by atoms with E-state index in [0.717, 1.165) is 12.0 Å². The Labute approximate surface area is 160 Å². The minimum absolute atomic E-state index is 0.0381. The number of ether oxygens (including phenoxy) is 2. The van der Waals surface area contributed by atoms with Crippen molar-refractivity contribution in [2.45, 2.75) is 39.3 Å². The Morgan fingerprint density at radius 2 is 1.70 bits per heavy atom. The van der Waals surface area contributed by atoms with E-state index in [2.05, 4.69) is 4.74 Å². The first-order valence-corrected chi connectivity index (χ1v) is 9.19. The van der Waals surface area contributed by atoms with Crippen LogP contribution in [0.4, 0.5) is 0 Å². The van der Waals surface area contributed by atoms with Gasteiger partial charge < -0.3 is 14.4 Å². The Bertz CT molecular complexity index is 728. The summed E-state index contributed by atoms with van der Waals surface area (Å²) in [7, 11) is 1.35. The van der Waals surface area contributed by atoms with Gasteiger partial charge in [-0.05, 0) is 43.2 Å². The van der Waals surface area contributed by atoms with Gasteiger partial charge in [0.1, 0.15) is 12.4 Å². The van der Waals surface area contributed by atoms with E-state index in [0.29, 0.717) is 24.5 Å². The van der Waals surface area contributed by atoms with Gasteiger partial charge in [-0.2, -0.15) is 0 Å². The SMILES string of the molecule is CCC(C)N(CCC(=O)OC)C(=O)c1ccc(OCc2ccccc2)cc1. The van der Waals surface area contributed by atoms with Crippen LogP contribution in [0.3, 0.4) is 0 Å². The first-order valence-electron chi connectivity index (χ1n) is 9.19. The lowest BCUT2D eigenvalue weighted by Crippen LogP contribution is -2.39. The minimum Gasteiger partial charge on any atom is -0.489 e. The molecule has 0 fully saturated rings. The zero-order valence-electron chi connectivity index (χ0n) is 16.2. The van der Waals surface area contributed by atoms with Gasteiger partial charge in [-0.1, -0.05) is 37.3 Å². The van der Waals surface area contributed by atoms with Crippen LogP contribution >= 0.6 is 0 Å². The fraction of sp³-hybridized carbons (Fsp3) is 0.364. The third-order valence-electron chi connectivity index (χ3n) is 4.52. The number of methoxy groups -OCH3 is 1. The molecule has 0 saturated heterocycles. The highest BCUT2D eigenvalue weighted by Gasteiger charge is 2.21. The molecular formula is C22H27NO4. The van der Waals surface area contributed by atoms with Crippen LogP contribution in [0.15, 0.2) is 54.6 Å². The van der Waals surface area contributed by atoms with Gasteiger partial charge in [0.25, 0.3) is 5.91 Å². The second-order valence-electron chi connectivity index (χ2n) is 6.38. The van der Waals surface area contributed by atoms with Gasteiger partial charge in [0.2, 0.25) is 0 Å². The molecule has 0 aromatic heterocycles. The number of benzene rings is 2. The second-order valence-corrected chi connectivity index (χ2v) is 6.38. The zero-order valence-corrected chi connectivity index (χ0v) is 16.2. The van der Waals surface area contributed by atoms with Crippen molar-refractivity contribution in [3.63, 3.8) is 0 Å². The maximum absolute atomic E-state index is 12.9. The van der Waals surface area contributed by atoms with Crippen molar-refractivity contribution in [1.82, 2.24) is 4.90 Å². The van der Waals surface area contributed by atoms with E-state index in [1.807, 2.05) is 44.2 Å². The first kappa shape index (κ1) is 20.5. The molecule has 2 aromatic rings. The Morgan fingerprint density at radius 3 is 2.30 bits per heavy atom. The summed E-state index contributed by atoms with van der Waals surface area (Å²) in [5.74, 6) is 0.295. The maximum atomic E-state index is 12.9. The third-order valence-corrected chi connectivity index (χ3v) is 4.52. The van der Waals surface area contributed by atoms with Crippen molar-refractivity contribution in [2.75, 3.05) is 13.7 Å². The van der Waals surface area contributed by atoms with Gasteiger partial charge in [-0.15, -0.1) is 0 Å². The number of nitrogens with zero attached hydrogens (tertiary/aromatic N) is 1. The standard InChI is InChI=1S/C22H27NO4/c1-4-17(2)23(15-14-21(24)26-3)22(25)19-10-12-20(13-11-19)27-16-18-8-6-5-7-9-18/h5-13,17H,4,14-16H2,1-3H3. The summed E-state index contributed by atoms with van der Waals surface area (Å²) < 4.78 is 10.4. The summed E-state index contributed by atoms with van der Waals surface area (Å²) >= 11 is 0. The highest BCUT2D eigenvalue weighted by molar-refractivity contribution is 5.94. The summed E-state index contributed by atoms with van der Waals surface area (Å²) in [5.41, 5.74) is 1.66. The Morgan fingerprint density at radius 1 is 1.04 bits per heavy atom. The van der Waals surface area contributed by atoms with Crippen molar-refractivity contribution >= 4 is 11.9 Å². The Hall–Kier alpha value is -2.82. The lowest BCUT2D eigenvalue weighted by molar-refractivity contribution is -0.140. The maximum Gasteiger partial charge on any atom is 0.307 e. The fourth-order valence-corrected chi connectivity index (χ4v) is 2.66. The molecule has 0 bridgehead atoms. The smallest absolute Gasteiger partial charge is 0.307 e.